The minimum atomic E-state index is -4.60. The lowest BCUT2D eigenvalue weighted by Crippen LogP contribution is -2.10. The van der Waals surface area contributed by atoms with Gasteiger partial charge in [0.2, 0.25) is 6.08 Å². The van der Waals surface area contributed by atoms with Gasteiger partial charge in [0.25, 0.3) is 0 Å². The number of carbonyl (C=O) groups excluding carboxylic acids is 1. The number of isocyanates is 1. The van der Waals surface area contributed by atoms with Gasteiger partial charge in [0.15, 0.2) is 0 Å². The van der Waals surface area contributed by atoms with Gasteiger partial charge in [0.05, 0.1) is 11.6 Å². The molecular formula is C10H7F4NO. The first kappa shape index (κ1) is 12.4. The van der Waals surface area contributed by atoms with Crippen LogP contribution in [0.5, 0.6) is 0 Å². The third-order valence-electron chi connectivity index (χ3n) is 2.02. The average Bonchev–Trinajstić information content (AvgIpc) is 2.16. The second-order valence-electron chi connectivity index (χ2n) is 3.13. The van der Waals surface area contributed by atoms with Crippen LogP contribution in [0.3, 0.4) is 0 Å². The number of rotatable bonds is 2. The van der Waals surface area contributed by atoms with Crippen molar-refractivity contribution in [1.29, 1.82) is 0 Å². The number of nitrogens with zero attached hydrogens (tertiary/aromatic N) is 1. The quantitative estimate of drug-likeness (QED) is 0.438. The van der Waals surface area contributed by atoms with Crippen molar-refractivity contribution in [3.8, 4) is 0 Å². The van der Waals surface area contributed by atoms with E-state index in [1.165, 1.54) is 6.92 Å². The van der Waals surface area contributed by atoms with E-state index in [0.717, 1.165) is 6.08 Å². The zero-order valence-corrected chi connectivity index (χ0v) is 8.18. The molecule has 6 heteroatoms. The second-order valence-corrected chi connectivity index (χ2v) is 3.13. The predicted molar refractivity (Wildman–Crippen MR) is 47.9 cm³/mol. The summed E-state index contributed by atoms with van der Waals surface area (Å²) in [6.07, 6.45) is -3.45. The molecule has 16 heavy (non-hydrogen) atoms. The van der Waals surface area contributed by atoms with E-state index in [4.69, 9.17) is 0 Å². The van der Waals surface area contributed by atoms with E-state index in [2.05, 4.69) is 4.99 Å². The molecule has 2 nitrogen and oxygen atoms in total. The summed E-state index contributed by atoms with van der Waals surface area (Å²) in [6, 6.07) is 0.976. The van der Waals surface area contributed by atoms with Crippen molar-refractivity contribution in [2.24, 2.45) is 4.99 Å². The third-order valence-corrected chi connectivity index (χ3v) is 2.02. The third kappa shape index (κ3) is 2.67. The van der Waals surface area contributed by atoms with Gasteiger partial charge in [-0.3, -0.25) is 0 Å². The van der Waals surface area contributed by atoms with Gasteiger partial charge in [-0.1, -0.05) is 0 Å². The van der Waals surface area contributed by atoms with E-state index in [-0.39, 0.29) is 5.56 Å². The molecule has 0 aromatic heterocycles. The Kier molecular flexibility index (Phi) is 3.44. The van der Waals surface area contributed by atoms with Crippen LogP contribution >= 0.6 is 0 Å². The SMILES string of the molecule is CC(N=C=O)c1cc(F)ccc1C(F)(F)F. The van der Waals surface area contributed by atoms with Gasteiger partial charge >= 0.3 is 6.18 Å². The number of halogens is 4. The molecule has 0 spiro atoms. The molecule has 0 amide bonds. The maximum absolute atomic E-state index is 12.8. The average molecular weight is 233 g/mol. The Labute approximate surface area is 88.6 Å². The highest BCUT2D eigenvalue weighted by Crippen LogP contribution is 2.35. The molecule has 0 bridgehead atoms. The zero-order valence-electron chi connectivity index (χ0n) is 8.18. The van der Waals surface area contributed by atoms with Crippen molar-refractivity contribution in [3.63, 3.8) is 0 Å². The minimum Gasteiger partial charge on any atom is -0.211 e. The summed E-state index contributed by atoms with van der Waals surface area (Å²) in [5.74, 6) is -0.809. The number of benzene rings is 1. The van der Waals surface area contributed by atoms with Gasteiger partial charge in [0, 0.05) is 0 Å². The van der Waals surface area contributed by atoms with Crippen LogP contribution in [0.4, 0.5) is 17.6 Å². The molecule has 0 saturated heterocycles. The lowest BCUT2D eigenvalue weighted by molar-refractivity contribution is -0.138. The molecule has 1 unspecified atom stereocenters. The molecule has 1 atom stereocenters. The fourth-order valence-corrected chi connectivity index (χ4v) is 1.29. The highest BCUT2D eigenvalue weighted by Gasteiger charge is 2.34. The molecule has 1 aromatic rings. The first-order valence-corrected chi connectivity index (χ1v) is 4.30. The lowest BCUT2D eigenvalue weighted by atomic mass is 10.0. The Morgan fingerprint density at radius 2 is 2.00 bits per heavy atom. The van der Waals surface area contributed by atoms with Gasteiger partial charge in [0.1, 0.15) is 5.82 Å². The molecule has 0 radical (unpaired) electrons. The summed E-state index contributed by atoms with van der Waals surface area (Å²) in [5, 5.41) is 0. The van der Waals surface area contributed by atoms with E-state index < -0.39 is 23.6 Å². The van der Waals surface area contributed by atoms with Gasteiger partial charge < -0.3 is 0 Å². The number of aliphatic imine (C=N–C) groups is 1. The lowest BCUT2D eigenvalue weighted by Gasteiger charge is -2.14. The van der Waals surface area contributed by atoms with E-state index in [1.807, 2.05) is 0 Å². The van der Waals surface area contributed by atoms with Crippen molar-refractivity contribution in [2.75, 3.05) is 0 Å². The monoisotopic (exact) mass is 233 g/mol. The second kappa shape index (κ2) is 4.45. The molecule has 0 heterocycles. The van der Waals surface area contributed by atoms with Crippen LogP contribution in [0.2, 0.25) is 0 Å². The topological polar surface area (TPSA) is 29.4 Å². The van der Waals surface area contributed by atoms with Crippen molar-refractivity contribution in [1.82, 2.24) is 0 Å². The predicted octanol–water partition coefficient (Wildman–Crippen LogP) is 3.24. The summed E-state index contributed by atoms with van der Waals surface area (Å²) in [5.41, 5.74) is -1.38. The summed E-state index contributed by atoms with van der Waals surface area (Å²) in [4.78, 5) is 13.1. The molecule has 0 aliphatic heterocycles. The van der Waals surface area contributed by atoms with Crippen LogP contribution in [0.15, 0.2) is 23.2 Å². The van der Waals surface area contributed by atoms with Crippen LogP contribution in [0.1, 0.15) is 24.1 Å². The molecular weight excluding hydrogens is 226 g/mol. The van der Waals surface area contributed by atoms with Crippen LogP contribution in [-0.2, 0) is 11.0 Å². The minimum absolute atomic E-state index is 0.379. The van der Waals surface area contributed by atoms with E-state index in [0.29, 0.717) is 18.2 Å². The highest BCUT2D eigenvalue weighted by atomic mass is 19.4. The molecule has 0 aliphatic rings. The molecule has 0 aliphatic carbocycles. The van der Waals surface area contributed by atoms with Gasteiger partial charge in [-0.05, 0) is 30.7 Å². The maximum atomic E-state index is 12.8. The summed E-state index contributed by atoms with van der Waals surface area (Å²) >= 11 is 0. The van der Waals surface area contributed by atoms with Gasteiger partial charge in [-0.15, -0.1) is 0 Å². The maximum Gasteiger partial charge on any atom is 0.416 e. The van der Waals surface area contributed by atoms with Crippen molar-refractivity contribution in [2.45, 2.75) is 19.1 Å². The first-order chi connectivity index (χ1) is 7.36. The smallest absolute Gasteiger partial charge is 0.211 e. The first-order valence-electron chi connectivity index (χ1n) is 4.30. The molecule has 0 fully saturated rings. The van der Waals surface area contributed by atoms with Crippen LogP contribution in [0.25, 0.3) is 0 Å². The number of alkyl halides is 3. The van der Waals surface area contributed by atoms with Crippen molar-refractivity contribution in [3.05, 3.63) is 35.1 Å². The van der Waals surface area contributed by atoms with Crippen molar-refractivity contribution < 1.29 is 22.4 Å². The Bertz CT molecular complexity index is 435. The Balaban J connectivity index is 3.34. The number of hydrogen-bond donors (Lipinski definition) is 0. The molecule has 86 valence electrons. The van der Waals surface area contributed by atoms with E-state index in [1.54, 1.807) is 0 Å². The van der Waals surface area contributed by atoms with E-state index in [9.17, 15) is 22.4 Å². The molecule has 1 rings (SSSR count). The summed E-state index contributed by atoms with van der Waals surface area (Å²) in [7, 11) is 0. The fourth-order valence-electron chi connectivity index (χ4n) is 1.29. The van der Waals surface area contributed by atoms with Crippen LogP contribution in [-0.4, -0.2) is 6.08 Å². The highest BCUT2D eigenvalue weighted by molar-refractivity contribution is 5.38. The molecule has 1 aromatic carbocycles. The zero-order chi connectivity index (χ0) is 12.3. The molecule has 0 N–H and O–H groups in total. The largest absolute Gasteiger partial charge is 0.416 e. The molecule has 0 saturated carbocycles. The van der Waals surface area contributed by atoms with Crippen LogP contribution in [0, 0.1) is 5.82 Å². The Morgan fingerprint density at radius 1 is 1.38 bits per heavy atom. The standard InChI is InChI=1S/C10H7F4NO/c1-6(15-5-16)8-4-7(11)2-3-9(8)10(12,13)14/h2-4,6H,1H3. The Morgan fingerprint density at radius 3 is 2.50 bits per heavy atom. The van der Waals surface area contributed by atoms with Gasteiger partial charge in [-0.2, -0.15) is 18.2 Å². The van der Waals surface area contributed by atoms with Gasteiger partial charge in [-0.25, -0.2) is 9.18 Å². The number of hydrogen-bond acceptors (Lipinski definition) is 2. The van der Waals surface area contributed by atoms with Crippen LogP contribution < -0.4 is 0 Å². The van der Waals surface area contributed by atoms with Crippen molar-refractivity contribution >= 4 is 6.08 Å². The van der Waals surface area contributed by atoms with E-state index >= 15 is 0 Å². The summed E-state index contributed by atoms with van der Waals surface area (Å²) in [6.45, 7) is 1.26. The fraction of sp³-hybridized carbons (Fsp3) is 0.300. The normalized spacial score (nSPS) is 13.1. The summed E-state index contributed by atoms with van der Waals surface area (Å²) < 4.78 is 50.4. The Hall–Kier alpha value is -1.68.